The monoisotopic (exact) mass is 413 g/mol. The molecule has 1 amide bonds. The number of hydrogen-bond donors (Lipinski definition) is 1. The molecule has 6 aromatic rings. The van der Waals surface area contributed by atoms with Crippen molar-refractivity contribution in [3.05, 3.63) is 109 Å². The molecule has 0 saturated carbocycles. The van der Waals surface area contributed by atoms with Gasteiger partial charge in [-0.25, -0.2) is 14.3 Å². The van der Waals surface area contributed by atoms with Crippen LogP contribution in [-0.2, 0) is 0 Å². The average molecular weight is 413 g/mol. The Labute approximate surface area is 184 Å². The molecule has 4 nitrogen and oxygen atoms in total. The van der Waals surface area contributed by atoms with Gasteiger partial charge < -0.3 is 5.32 Å². The van der Waals surface area contributed by atoms with Crippen LogP contribution >= 0.6 is 0 Å². The zero-order valence-electron chi connectivity index (χ0n) is 17.2. The van der Waals surface area contributed by atoms with Gasteiger partial charge in [-0.05, 0) is 29.8 Å². The van der Waals surface area contributed by atoms with Crippen LogP contribution in [-0.4, -0.2) is 15.6 Å². The quantitative estimate of drug-likeness (QED) is 0.329. The van der Waals surface area contributed by atoms with Crippen LogP contribution in [0, 0.1) is 0 Å². The van der Waals surface area contributed by atoms with Crippen LogP contribution in [0.1, 0.15) is 0 Å². The second-order valence-corrected chi connectivity index (χ2v) is 7.72. The molecule has 0 saturated heterocycles. The van der Waals surface area contributed by atoms with Gasteiger partial charge in [0.25, 0.3) is 0 Å². The smallest absolute Gasteiger partial charge is 0.307 e. The highest BCUT2D eigenvalue weighted by Crippen LogP contribution is 2.40. The Kier molecular flexibility index (Phi) is 4.22. The topological polar surface area (TPSA) is 46.9 Å². The number of aromatic nitrogens is 2. The van der Waals surface area contributed by atoms with Crippen molar-refractivity contribution in [3.8, 4) is 11.1 Å². The van der Waals surface area contributed by atoms with Gasteiger partial charge in [0, 0.05) is 27.4 Å². The van der Waals surface area contributed by atoms with Crippen molar-refractivity contribution in [2.45, 2.75) is 0 Å². The van der Waals surface area contributed by atoms with Crippen molar-refractivity contribution in [1.29, 1.82) is 0 Å². The minimum atomic E-state index is -0.232. The predicted octanol–water partition coefficient (Wildman–Crippen LogP) is 7.09. The van der Waals surface area contributed by atoms with E-state index in [1.54, 1.807) is 4.57 Å². The fourth-order valence-corrected chi connectivity index (χ4v) is 4.42. The van der Waals surface area contributed by atoms with Crippen LogP contribution in [0.4, 0.5) is 10.5 Å². The lowest BCUT2D eigenvalue weighted by molar-refractivity contribution is 0.255. The summed E-state index contributed by atoms with van der Waals surface area (Å²) in [5.41, 5.74) is 5.27. The zero-order chi connectivity index (χ0) is 21.5. The van der Waals surface area contributed by atoms with Crippen LogP contribution in [0.5, 0.6) is 0 Å². The summed E-state index contributed by atoms with van der Waals surface area (Å²) in [6, 6.07) is 35.7. The van der Waals surface area contributed by atoms with Crippen molar-refractivity contribution in [3.63, 3.8) is 0 Å². The lowest BCUT2D eigenvalue weighted by Gasteiger charge is -2.11. The van der Waals surface area contributed by atoms with Gasteiger partial charge in [-0.3, -0.25) is 0 Å². The molecule has 4 heteroatoms. The summed E-state index contributed by atoms with van der Waals surface area (Å²) >= 11 is 0. The van der Waals surface area contributed by atoms with E-state index in [1.165, 1.54) is 0 Å². The third-order valence-electron chi connectivity index (χ3n) is 5.79. The zero-order valence-corrected chi connectivity index (χ0v) is 17.2. The number of hydrogen-bond acceptors (Lipinski definition) is 2. The van der Waals surface area contributed by atoms with Gasteiger partial charge in [-0.2, -0.15) is 0 Å². The van der Waals surface area contributed by atoms with E-state index in [-0.39, 0.29) is 6.03 Å². The van der Waals surface area contributed by atoms with Gasteiger partial charge in [-0.15, -0.1) is 0 Å². The van der Waals surface area contributed by atoms with E-state index in [9.17, 15) is 4.79 Å². The number of nitrogens with one attached hydrogen (secondary N) is 1. The van der Waals surface area contributed by atoms with Gasteiger partial charge in [0.05, 0.1) is 11.0 Å². The minimum absolute atomic E-state index is 0.232. The second kappa shape index (κ2) is 7.36. The molecule has 0 spiro atoms. The molecule has 0 aliphatic carbocycles. The van der Waals surface area contributed by atoms with Crippen molar-refractivity contribution >= 4 is 44.6 Å². The number of carbonyl (C=O) groups excluding carboxylic acids is 1. The van der Waals surface area contributed by atoms with Crippen molar-refractivity contribution in [2.75, 3.05) is 5.32 Å². The third-order valence-corrected chi connectivity index (χ3v) is 5.79. The highest BCUT2D eigenvalue weighted by molar-refractivity contribution is 6.23. The first-order valence-corrected chi connectivity index (χ1v) is 10.5. The summed E-state index contributed by atoms with van der Waals surface area (Å²) in [5, 5.41) is 6.07. The average Bonchev–Trinajstić information content (AvgIpc) is 3.17. The fraction of sp³-hybridized carbons (Fsp3) is 0. The Morgan fingerprint density at radius 3 is 2.09 bits per heavy atom. The van der Waals surface area contributed by atoms with Gasteiger partial charge in [-0.1, -0.05) is 84.9 Å². The molecule has 0 unspecified atom stereocenters. The third kappa shape index (κ3) is 2.85. The summed E-state index contributed by atoms with van der Waals surface area (Å²) in [6.45, 7) is 0. The molecule has 0 fully saturated rings. The molecular weight excluding hydrogens is 394 g/mol. The maximum atomic E-state index is 13.5. The molecule has 2 heterocycles. The molecule has 0 bridgehead atoms. The van der Waals surface area contributed by atoms with Crippen LogP contribution < -0.4 is 5.32 Å². The molecule has 0 aliphatic rings. The molecule has 0 radical (unpaired) electrons. The molecular formula is C28H19N3O. The van der Waals surface area contributed by atoms with Gasteiger partial charge in [0.2, 0.25) is 0 Å². The number of amides is 1. The van der Waals surface area contributed by atoms with E-state index in [0.717, 1.165) is 44.0 Å². The Morgan fingerprint density at radius 1 is 0.688 bits per heavy atom. The van der Waals surface area contributed by atoms with Crippen molar-refractivity contribution < 1.29 is 4.79 Å². The molecule has 0 atom stereocenters. The highest BCUT2D eigenvalue weighted by atomic mass is 16.2. The molecule has 0 aliphatic heterocycles. The molecule has 32 heavy (non-hydrogen) atoms. The standard InChI is InChI=1S/C28H19N3O/c32-28(29-20-13-5-2-6-14-20)31-24-18-10-8-16-22(24)26-25(19-11-3-1-4-12-19)21-15-7-9-17-23(21)30-27(26)31/h1-18H,(H,29,32). The van der Waals surface area contributed by atoms with E-state index in [4.69, 9.17) is 4.98 Å². The molecule has 6 rings (SSSR count). The summed E-state index contributed by atoms with van der Waals surface area (Å²) < 4.78 is 1.69. The number of fused-ring (bicyclic) bond motifs is 4. The number of benzene rings is 4. The first kappa shape index (κ1) is 18.3. The largest absolute Gasteiger partial charge is 0.332 e. The van der Waals surface area contributed by atoms with E-state index >= 15 is 0 Å². The van der Waals surface area contributed by atoms with Crippen LogP contribution in [0.3, 0.4) is 0 Å². The minimum Gasteiger partial charge on any atom is -0.307 e. The number of rotatable bonds is 2. The normalized spacial score (nSPS) is 11.2. The number of carbonyl (C=O) groups is 1. The van der Waals surface area contributed by atoms with E-state index < -0.39 is 0 Å². The first-order valence-electron chi connectivity index (χ1n) is 10.5. The number of nitrogens with zero attached hydrogens (tertiary/aromatic N) is 2. The molecule has 152 valence electrons. The summed E-state index contributed by atoms with van der Waals surface area (Å²) in [7, 11) is 0. The summed E-state index contributed by atoms with van der Waals surface area (Å²) in [4.78, 5) is 18.5. The van der Waals surface area contributed by atoms with E-state index in [1.807, 2.05) is 84.9 Å². The second-order valence-electron chi connectivity index (χ2n) is 7.72. The van der Waals surface area contributed by atoms with E-state index in [2.05, 4.69) is 29.6 Å². The highest BCUT2D eigenvalue weighted by Gasteiger charge is 2.22. The van der Waals surface area contributed by atoms with Crippen LogP contribution in [0.15, 0.2) is 109 Å². The first-order chi connectivity index (χ1) is 15.8. The number of anilines is 1. The Bertz CT molecular complexity index is 1600. The van der Waals surface area contributed by atoms with Gasteiger partial charge in [0.15, 0.2) is 5.65 Å². The predicted molar refractivity (Wildman–Crippen MR) is 131 cm³/mol. The summed E-state index contributed by atoms with van der Waals surface area (Å²) in [6.07, 6.45) is 0. The fourth-order valence-electron chi connectivity index (χ4n) is 4.42. The molecule has 1 N–H and O–H groups in total. The van der Waals surface area contributed by atoms with Gasteiger partial charge >= 0.3 is 6.03 Å². The van der Waals surface area contributed by atoms with Crippen LogP contribution in [0.25, 0.3) is 44.0 Å². The number of para-hydroxylation sites is 3. The maximum Gasteiger partial charge on any atom is 0.332 e. The van der Waals surface area contributed by atoms with E-state index in [0.29, 0.717) is 5.65 Å². The SMILES string of the molecule is O=C(Nc1ccccc1)n1c2ccccc2c2c(-c3ccccc3)c3ccccc3nc21. The molecule has 4 aromatic carbocycles. The Hall–Kier alpha value is -4.44. The van der Waals surface area contributed by atoms with Crippen LogP contribution in [0.2, 0.25) is 0 Å². The lowest BCUT2D eigenvalue weighted by atomic mass is 9.96. The lowest BCUT2D eigenvalue weighted by Crippen LogP contribution is -2.19. The number of pyridine rings is 1. The maximum absolute atomic E-state index is 13.5. The van der Waals surface area contributed by atoms with Crippen molar-refractivity contribution in [2.24, 2.45) is 0 Å². The molecule has 2 aromatic heterocycles. The Morgan fingerprint density at radius 2 is 1.31 bits per heavy atom. The van der Waals surface area contributed by atoms with Gasteiger partial charge in [0.1, 0.15) is 0 Å². The Balaban J connectivity index is 1.73. The summed E-state index contributed by atoms with van der Waals surface area (Å²) in [5.74, 6) is 0. The van der Waals surface area contributed by atoms with Crippen molar-refractivity contribution in [1.82, 2.24) is 9.55 Å².